The summed E-state index contributed by atoms with van der Waals surface area (Å²) in [5, 5.41) is 0. The van der Waals surface area contributed by atoms with Crippen LogP contribution in [0.5, 0.6) is 0 Å². The lowest BCUT2D eigenvalue weighted by Crippen LogP contribution is -2.55. The zero-order chi connectivity index (χ0) is 16.8. The van der Waals surface area contributed by atoms with Crippen molar-refractivity contribution in [2.24, 2.45) is 0 Å². The van der Waals surface area contributed by atoms with Crippen molar-refractivity contribution in [3.8, 4) is 0 Å². The highest BCUT2D eigenvalue weighted by molar-refractivity contribution is 7.98. The third kappa shape index (κ3) is 4.57. The normalized spacial score (nSPS) is 20.4. The first-order valence-electron chi connectivity index (χ1n) is 8.10. The molecule has 0 N–H and O–H groups in total. The number of nitrogens with zero attached hydrogens (tertiary/aromatic N) is 3. The Labute approximate surface area is 141 Å². The van der Waals surface area contributed by atoms with Gasteiger partial charge in [0.25, 0.3) is 11.8 Å². The minimum Gasteiger partial charge on any atom is -0.338 e. The molecule has 2 aliphatic heterocycles. The summed E-state index contributed by atoms with van der Waals surface area (Å²) in [5.41, 5.74) is 0. The van der Waals surface area contributed by atoms with Crippen molar-refractivity contribution in [1.82, 2.24) is 14.7 Å². The molecule has 3 amide bonds. The maximum atomic E-state index is 12.5. The number of imide groups is 1. The Morgan fingerprint density at radius 3 is 2.30 bits per heavy atom. The number of hydrogen-bond donors (Lipinski definition) is 0. The molecule has 1 atom stereocenters. The van der Waals surface area contributed by atoms with Gasteiger partial charge >= 0.3 is 0 Å². The third-order valence-electron chi connectivity index (χ3n) is 4.34. The molecule has 0 radical (unpaired) electrons. The van der Waals surface area contributed by atoms with Crippen molar-refractivity contribution < 1.29 is 14.4 Å². The molecule has 0 aromatic rings. The molecule has 0 aromatic heterocycles. The summed E-state index contributed by atoms with van der Waals surface area (Å²) in [6.45, 7) is 5.74. The van der Waals surface area contributed by atoms with Gasteiger partial charge in [0.2, 0.25) is 5.91 Å². The van der Waals surface area contributed by atoms with Gasteiger partial charge in [-0.2, -0.15) is 11.8 Å². The second-order valence-electron chi connectivity index (χ2n) is 5.92. The Balaban J connectivity index is 1.77. The summed E-state index contributed by atoms with van der Waals surface area (Å²) in [4.78, 5) is 41.0. The molecule has 6 nitrogen and oxygen atoms in total. The van der Waals surface area contributed by atoms with Crippen molar-refractivity contribution >= 4 is 29.5 Å². The molecule has 23 heavy (non-hydrogen) atoms. The van der Waals surface area contributed by atoms with Gasteiger partial charge in [0.05, 0.1) is 0 Å². The number of hydrogen-bond acceptors (Lipinski definition) is 5. The van der Waals surface area contributed by atoms with E-state index in [1.807, 2.05) is 11.8 Å². The van der Waals surface area contributed by atoms with Crippen LogP contribution in [-0.4, -0.2) is 83.2 Å². The molecule has 1 unspecified atom stereocenters. The van der Waals surface area contributed by atoms with Gasteiger partial charge in [-0.05, 0) is 38.3 Å². The lowest BCUT2D eigenvalue weighted by Gasteiger charge is -2.37. The molecule has 2 heterocycles. The van der Waals surface area contributed by atoms with Crippen LogP contribution in [0.1, 0.15) is 19.8 Å². The number of thioether (sulfide) groups is 1. The molecule has 2 aliphatic rings. The van der Waals surface area contributed by atoms with E-state index in [0.29, 0.717) is 13.1 Å². The maximum Gasteiger partial charge on any atom is 0.254 e. The fourth-order valence-electron chi connectivity index (χ4n) is 2.94. The molecule has 1 saturated heterocycles. The first kappa shape index (κ1) is 18.0. The van der Waals surface area contributed by atoms with E-state index < -0.39 is 17.9 Å². The molecule has 0 aromatic carbocycles. The average Bonchev–Trinajstić information content (AvgIpc) is 2.89. The maximum absolute atomic E-state index is 12.5. The number of amides is 3. The summed E-state index contributed by atoms with van der Waals surface area (Å²) in [5.74, 6) is 0.256. The predicted molar refractivity (Wildman–Crippen MR) is 91.1 cm³/mol. The standard InChI is InChI=1S/C16H25N3O3S/c1-13(19-14(20)5-6-15(19)21)16(22)18-10-8-17(9-11-18)7-3-4-12-23-2/h5-6,13H,3-4,7-12H2,1-2H3. The third-order valence-corrected chi connectivity index (χ3v) is 5.04. The molecule has 0 aliphatic carbocycles. The molecule has 7 heteroatoms. The van der Waals surface area contributed by atoms with Gasteiger partial charge < -0.3 is 4.90 Å². The zero-order valence-corrected chi connectivity index (χ0v) is 14.7. The fraction of sp³-hybridized carbons (Fsp3) is 0.688. The van der Waals surface area contributed by atoms with Crippen LogP contribution in [0.15, 0.2) is 12.2 Å². The quantitative estimate of drug-likeness (QED) is 0.502. The highest BCUT2D eigenvalue weighted by atomic mass is 32.2. The predicted octanol–water partition coefficient (Wildman–Crippen LogP) is 0.587. The van der Waals surface area contributed by atoms with Crippen LogP contribution >= 0.6 is 11.8 Å². The summed E-state index contributed by atoms with van der Waals surface area (Å²) in [6.07, 6.45) is 6.98. The van der Waals surface area contributed by atoms with E-state index in [9.17, 15) is 14.4 Å². The number of rotatable bonds is 7. The number of carbonyl (C=O) groups is 3. The molecular weight excluding hydrogens is 314 g/mol. The Morgan fingerprint density at radius 1 is 1.13 bits per heavy atom. The zero-order valence-electron chi connectivity index (χ0n) is 13.9. The Hall–Kier alpha value is -1.34. The molecule has 2 rings (SSSR count). The van der Waals surface area contributed by atoms with Gasteiger partial charge in [-0.15, -0.1) is 0 Å². The van der Waals surface area contributed by atoms with E-state index in [0.717, 1.165) is 24.5 Å². The summed E-state index contributed by atoms with van der Waals surface area (Å²) in [6, 6.07) is -0.724. The molecule has 0 saturated carbocycles. The van der Waals surface area contributed by atoms with Gasteiger partial charge in [0.15, 0.2) is 0 Å². The first-order chi connectivity index (χ1) is 11.0. The summed E-state index contributed by atoms with van der Waals surface area (Å²) in [7, 11) is 0. The average molecular weight is 339 g/mol. The smallest absolute Gasteiger partial charge is 0.254 e. The molecular formula is C16H25N3O3S. The van der Waals surface area contributed by atoms with Crippen LogP contribution in [0, 0.1) is 0 Å². The van der Waals surface area contributed by atoms with E-state index in [-0.39, 0.29) is 5.91 Å². The van der Waals surface area contributed by atoms with Crippen molar-refractivity contribution in [2.75, 3.05) is 44.7 Å². The second kappa shape index (κ2) is 8.49. The van der Waals surface area contributed by atoms with E-state index in [4.69, 9.17) is 0 Å². The lowest BCUT2D eigenvalue weighted by atomic mass is 10.2. The van der Waals surface area contributed by atoms with Crippen molar-refractivity contribution in [3.05, 3.63) is 12.2 Å². The van der Waals surface area contributed by atoms with Crippen molar-refractivity contribution in [2.45, 2.75) is 25.8 Å². The monoisotopic (exact) mass is 339 g/mol. The number of piperazine rings is 1. The Kier molecular flexibility index (Phi) is 6.65. The van der Waals surface area contributed by atoms with Crippen LogP contribution in [0.2, 0.25) is 0 Å². The first-order valence-corrected chi connectivity index (χ1v) is 9.49. The minimum atomic E-state index is -0.724. The van der Waals surface area contributed by atoms with Crippen LogP contribution in [0.4, 0.5) is 0 Å². The van der Waals surface area contributed by atoms with Gasteiger partial charge in [-0.1, -0.05) is 0 Å². The van der Waals surface area contributed by atoms with Crippen molar-refractivity contribution in [1.29, 1.82) is 0 Å². The van der Waals surface area contributed by atoms with E-state index in [2.05, 4.69) is 11.2 Å². The van der Waals surface area contributed by atoms with Gasteiger partial charge in [0, 0.05) is 38.3 Å². The summed E-state index contributed by atoms with van der Waals surface area (Å²) >= 11 is 1.87. The fourth-order valence-corrected chi connectivity index (χ4v) is 3.43. The topological polar surface area (TPSA) is 60.9 Å². The van der Waals surface area contributed by atoms with Gasteiger partial charge in [0.1, 0.15) is 6.04 Å². The van der Waals surface area contributed by atoms with Crippen LogP contribution < -0.4 is 0 Å². The van der Waals surface area contributed by atoms with E-state index in [1.54, 1.807) is 11.8 Å². The van der Waals surface area contributed by atoms with Crippen molar-refractivity contribution in [3.63, 3.8) is 0 Å². The largest absolute Gasteiger partial charge is 0.338 e. The highest BCUT2D eigenvalue weighted by Gasteiger charge is 2.35. The molecule has 0 spiro atoms. The van der Waals surface area contributed by atoms with Crippen LogP contribution in [-0.2, 0) is 14.4 Å². The van der Waals surface area contributed by atoms with E-state index >= 15 is 0 Å². The number of carbonyl (C=O) groups excluding carboxylic acids is 3. The molecule has 128 valence electrons. The SMILES string of the molecule is CSCCCCN1CCN(C(=O)C(C)N2C(=O)C=CC2=O)CC1. The molecule has 1 fully saturated rings. The van der Waals surface area contributed by atoms with Gasteiger partial charge in [-0.25, -0.2) is 0 Å². The van der Waals surface area contributed by atoms with Crippen LogP contribution in [0.3, 0.4) is 0 Å². The Morgan fingerprint density at radius 2 is 1.74 bits per heavy atom. The highest BCUT2D eigenvalue weighted by Crippen LogP contribution is 2.13. The minimum absolute atomic E-state index is 0.141. The number of unbranched alkanes of at least 4 members (excludes halogenated alkanes) is 1. The van der Waals surface area contributed by atoms with Crippen LogP contribution in [0.25, 0.3) is 0 Å². The van der Waals surface area contributed by atoms with Gasteiger partial charge in [-0.3, -0.25) is 24.2 Å². The Bertz CT molecular complexity index is 469. The summed E-state index contributed by atoms with van der Waals surface area (Å²) < 4.78 is 0. The molecule has 0 bridgehead atoms. The lowest BCUT2D eigenvalue weighted by molar-refractivity contribution is -0.149. The van der Waals surface area contributed by atoms with E-state index in [1.165, 1.54) is 30.7 Å². The second-order valence-corrected chi connectivity index (χ2v) is 6.91.